The molecule has 0 radical (unpaired) electrons. The van der Waals surface area contributed by atoms with Crippen LogP contribution in [0.4, 0.5) is 10.5 Å². The number of likely N-dealkylation sites (tertiary alicyclic amines) is 1. The van der Waals surface area contributed by atoms with Crippen LogP contribution in [0.2, 0.25) is 0 Å². The van der Waals surface area contributed by atoms with Crippen LogP contribution >= 0.6 is 12.4 Å². The van der Waals surface area contributed by atoms with Crippen molar-refractivity contribution in [1.29, 1.82) is 0 Å². The minimum absolute atomic E-state index is 0. The topological polar surface area (TPSA) is 73.5 Å². The molecule has 1 atom stereocenters. The molecular formula is C20H29ClN4O2. The Kier molecular flexibility index (Phi) is 6.27. The number of amides is 3. The third-order valence-electron chi connectivity index (χ3n) is 6.26. The SMILES string of the molecule is Cl.O=C(NC1CCN(C(=O)Nc2ccccc2)CC1)C1CC12CCNCC2. The molecule has 1 aromatic carbocycles. The van der Waals surface area contributed by atoms with E-state index in [1.54, 1.807) is 0 Å². The van der Waals surface area contributed by atoms with Gasteiger partial charge in [-0.3, -0.25) is 4.79 Å². The van der Waals surface area contributed by atoms with Crippen molar-refractivity contribution in [3.63, 3.8) is 0 Å². The van der Waals surface area contributed by atoms with E-state index in [9.17, 15) is 9.59 Å². The Labute approximate surface area is 166 Å². The molecule has 4 rings (SSSR count). The summed E-state index contributed by atoms with van der Waals surface area (Å²) < 4.78 is 0. The maximum Gasteiger partial charge on any atom is 0.321 e. The van der Waals surface area contributed by atoms with Crippen molar-refractivity contribution in [2.75, 3.05) is 31.5 Å². The lowest BCUT2D eigenvalue weighted by Crippen LogP contribution is -2.48. The van der Waals surface area contributed by atoms with Crippen LogP contribution in [0, 0.1) is 11.3 Å². The van der Waals surface area contributed by atoms with E-state index in [4.69, 9.17) is 0 Å². The van der Waals surface area contributed by atoms with Gasteiger partial charge in [0, 0.05) is 30.7 Å². The van der Waals surface area contributed by atoms with Gasteiger partial charge >= 0.3 is 6.03 Å². The zero-order chi connectivity index (χ0) is 18.0. The summed E-state index contributed by atoms with van der Waals surface area (Å²) in [6.45, 7) is 3.45. The van der Waals surface area contributed by atoms with Gasteiger partial charge in [-0.2, -0.15) is 0 Å². The Bertz CT molecular complexity index is 655. The number of urea groups is 1. The summed E-state index contributed by atoms with van der Waals surface area (Å²) in [6.07, 6.45) is 4.97. The minimum Gasteiger partial charge on any atom is -0.353 e. The van der Waals surface area contributed by atoms with Crippen LogP contribution < -0.4 is 16.0 Å². The summed E-state index contributed by atoms with van der Waals surface area (Å²) in [6, 6.07) is 9.65. The Morgan fingerprint density at radius 1 is 1.07 bits per heavy atom. The smallest absolute Gasteiger partial charge is 0.321 e. The molecule has 0 aromatic heterocycles. The van der Waals surface area contributed by atoms with Gasteiger partial charge in [0.2, 0.25) is 5.91 Å². The molecule has 1 saturated carbocycles. The molecule has 1 aliphatic carbocycles. The van der Waals surface area contributed by atoms with Gasteiger partial charge < -0.3 is 20.9 Å². The maximum absolute atomic E-state index is 12.6. The average Bonchev–Trinajstić information content (AvgIpc) is 3.36. The standard InChI is InChI=1S/C20H28N4O2.ClH/c25-18(17-14-20(17)8-10-21-11-9-20)22-16-6-12-24(13-7-16)19(26)23-15-4-2-1-3-5-15;/h1-5,16-17,21H,6-14H2,(H,22,25)(H,23,26);1H. The fourth-order valence-corrected chi connectivity index (χ4v) is 4.45. The Morgan fingerprint density at radius 2 is 1.74 bits per heavy atom. The number of hydrogen-bond acceptors (Lipinski definition) is 3. The second kappa shape index (κ2) is 8.48. The lowest BCUT2D eigenvalue weighted by atomic mass is 9.91. The molecule has 3 N–H and O–H groups in total. The van der Waals surface area contributed by atoms with Crippen LogP contribution in [0.15, 0.2) is 30.3 Å². The second-order valence-electron chi connectivity index (χ2n) is 7.94. The van der Waals surface area contributed by atoms with Crippen LogP contribution in [0.5, 0.6) is 0 Å². The predicted octanol–water partition coefficient (Wildman–Crippen LogP) is 2.61. The largest absolute Gasteiger partial charge is 0.353 e. The minimum atomic E-state index is -0.0585. The van der Waals surface area contributed by atoms with Crippen molar-refractivity contribution in [2.24, 2.45) is 11.3 Å². The Balaban J connectivity index is 0.00000210. The van der Waals surface area contributed by atoms with Gasteiger partial charge in [0.05, 0.1) is 0 Å². The van der Waals surface area contributed by atoms with Crippen LogP contribution in [0.25, 0.3) is 0 Å². The van der Waals surface area contributed by atoms with E-state index in [2.05, 4.69) is 16.0 Å². The average molecular weight is 393 g/mol. The summed E-state index contributed by atoms with van der Waals surface area (Å²) in [5.41, 5.74) is 1.10. The van der Waals surface area contributed by atoms with E-state index < -0.39 is 0 Å². The van der Waals surface area contributed by atoms with E-state index in [1.807, 2.05) is 35.2 Å². The van der Waals surface area contributed by atoms with Crippen LogP contribution in [0.3, 0.4) is 0 Å². The number of nitrogens with zero attached hydrogens (tertiary/aromatic N) is 1. The summed E-state index contributed by atoms with van der Waals surface area (Å²) >= 11 is 0. The van der Waals surface area contributed by atoms with E-state index >= 15 is 0 Å². The Hall–Kier alpha value is -1.79. The molecule has 1 unspecified atom stereocenters. The van der Waals surface area contributed by atoms with E-state index in [-0.39, 0.29) is 41.7 Å². The highest BCUT2D eigenvalue weighted by Crippen LogP contribution is 2.58. The van der Waals surface area contributed by atoms with E-state index in [0.717, 1.165) is 50.9 Å². The van der Waals surface area contributed by atoms with Gasteiger partial charge in [0.25, 0.3) is 0 Å². The molecule has 7 heteroatoms. The van der Waals surface area contributed by atoms with Gasteiger partial charge in [-0.05, 0) is 62.7 Å². The number of para-hydroxylation sites is 1. The number of anilines is 1. The zero-order valence-electron chi connectivity index (χ0n) is 15.6. The molecule has 2 aliphatic heterocycles. The molecule has 3 fully saturated rings. The first-order valence-electron chi connectivity index (χ1n) is 9.78. The number of hydrogen-bond donors (Lipinski definition) is 3. The number of nitrogens with one attached hydrogen (secondary N) is 3. The molecule has 1 spiro atoms. The van der Waals surface area contributed by atoms with E-state index in [0.29, 0.717) is 13.1 Å². The van der Waals surface area contributed by atoms with Crippen LogP contribution in [0.1, 0.15) is 32.1 Å². The van der Waals surface area contributed by atoms with Crippen molar-refractivity contribution in [3.05, 3.63) is 30.3 Å². The third-order valence-corrected chi connectivity index (χ3v) is 6.26. The number of rotatable bonds is 3. The first kappa shape index (κ1) is 20.0. The zero-order valence-corrected chi connectivity index (χ0v) is 16.4. The summed E-state index contributed by atoms with van der Waals surface area (Å²) in [5, 5.41) is 9.55. The summed E-state index contributed by atoms with van der Waals surface area (Å²) in [7, 11) is 0. The van der Waals surface area contributed by atoms with Gasteiger partial charge in [-0.25, -0.2) is 4.79 Å². The molecular weight excluding hydrogens is 364 g/mol. The highest BCUT2D eigenvalue weighted by Gasteiger charge is 2.57. The second-order valence-corrected chi connectivity index (χ2v) is 7.94. The van der Waals surface area contributed by atoms with Gasteiger partial charge in [-0.15, -0.1) is 12.4 Å². The van der Waals surface area contributed by atoms with Crippen LogP contribution in [-0.2, 0) is 4.79 Å². The quantitative estimate of drug-likeness (QED) is 0.740. The van der Waals surface area contributed by atoms with Gasteiger partial charge in [-0.1, -0.05) is 18.2 Å². The number of piperidine rings is 2. The van der Waals surface area contributed by atoms with Crippen molar-refractivity contribution in [2.45, 2.75) is 38.1 Å². The lowest BCUT2D eigenvalue weighted by Gasteiger charge is -2.32. The molecule has 2 saturated heterocycles. The molecule has 3 amide bonds. The molecule has 6 nitrogen and oxygen atoms in total. The predicted molar refractivity (Wildman–Crippen MR) is 108 cm³/mol. The molecule has 3 aliphatic rings. The van der Waals surface area contributed by atoms with Crippen molar-refractivity contribution < 1.29 is 9.59 Å². The Morgan fingerprint density at radius 3 is 2.41 bits per heavy atom. The summed E-state index contributed by atoms with van der Waals surface area (Å²) in [5.74, 6) is 0.447. The number of halogens is 1. The normalized spacial score (nSPS) is 24.0. The molecule has 148 valence electrons. The van der Waals surface area contributed by atoms with Crippen LogP contribution in [-0.4, -0.2) is 49.1 Å². The number of carbonyl (C=O) groups is 2. The first-order chi connectivity index (χ1) is 12.7. The first-order valence-corrected chi connectivity index (χ1v) is 9.78. The maximum atomic E-state index is 12.6. The third kappa shape index (κ3) is 4.55. The number of carbonyl (C=O) groups excluding carboxylic acids is 2. The van der Waals surface area contributed by atoms with Crippen molar-refractivity contribution in [3.8, 4) is 0 Å². The molecule has 0 bridgehead atoms. The summed E-state index contributed by atoms with van der Waals surface area (Å²) in [4.78, 5) is 26.8. The monoisotopic (exact) mass is 392 g/mol. The molecule has 2 heterocycles. The fourth-order valence-electron chi connectivity index (χ4n) is 4.45. The molecule has 1 aromatic rings. The lowest BCUT2D eigenvalue weighted by molar-refractivity contribution is -0.124. The van der Waals surface area contributed by atoms with Crippen molar-refractivity contribution >= 4 is 30.0 Å². The highest BCUT2D eigenvalue weighted by molar-refractivity contribution is 5.89. The van der Waals surface area contributed by atoms with Gasteiger partial charge in [0.1, 0.15) is 0 Å². The van der Waals surface area contributed by atoms with Crippen molar-refractivity contribution in [1.82, 2.24) is 15.5 Å². The van der Waals surface area contributed by atoms with E-state index in [1.165, 1.54) is 0 Å². The fraction of sp³-hybridized carbons (Fsp3) is 0.600. The highest BCUT2D eigenvalue weighted by atomic mass is 35.5. The number of benzene rings is 1. The molecule has 27 heavy (non-hydrogen) atoms. The van der Waals surface area contributed by atoms with Gasteiger partial charge in [0.15, 0.2) is 0 Å².